The minimum absolute atomic E-state index is 0.0552. The van der Waals surface area contributed by atoms with Gasteiger partial charge in [-0.1, -0.05) is 31.7 Å². The van der Waals surface area contributed by atoms with Gasteiger partial charge in [-0.2, -0.15) is 0 Å². The van der Waals surface area contributed by atoms with E-state index < -0.39 is 0 Å². The van der Waals surface area contributed by atoms with Gasteiger partial charge in [-0.25, -0.2) is 0 Å². The summed E-state index contributed by atoms with van der Waals surface area (Å²) in [6.07, 6.45) is 9.91. The van der Waals surface area contributed by atoms with Crippen LogP contribution in [-0.4, -0.2) is 22.1 Å². The van der Waals surface area contributed by atoms with Gasteiger partial charge in [0.25, 0.3) is 0 Å². The fraction of sp³-hybridized carbons (Fsp3) is 0.667. The third-order valence-corrected chi connectivity index (χ3v) is 5.15. The van der Waals surface area contributed by atoms with E-state index in [9.17, 15) is 9.90 Å². The predicted molar refractivity (Wildman–Crippen MR) is 85.0 cm³/mol. The maximum Gasteiger partial charge on any atom is 0.223 e. The molecule has 1 amide bonds. The normalized spacial score (nSPS) is 27.5. The second-order valence-corrected chi connectivity index (χ2v) is 6.81. The molecule has 0 radical (unpaired) electrons. The van der Waals surface area contributed by atoms with Gasteiger partial charge in [0.1, 0.15) is 0 Å². The van der Waals surface area contributed by atoms with Gasteiger partial charge < -0.3 is 10.4 Å². The average Bonchev–Trinajstić information content (AvgIpc) is 2.80. The first-order valence-electron chi connectivity index (χ1n) is 8.63. The second kappa shape index (κ2) is 7.23. The van der Waals surface area contributed by atoms with Crippen molar-refractivity contribution in [1.29, 1.82) is 0 Å². The summed E-state index contributed by atoms with van der Waals surface area (Å²) in [5, 5.41) is 12.8. The first-order chi connectivity index (χ1) is 10.7. The highest BCUT2D eigenvalue weighted by Gasteiger charge is 2.37. The number of nitrogens with zero attached hydrogens (tertiary/aromatic N) is 1. The average molecular weight is 302 g/mol. The van der Waals surface area contributed by atoms with Crippen molar-refractivity contribution in [3.8, 4) is 0 Å². The number of carbonyl (C=O) groups is 1. The molecule has 4 heteroatoms. The smallest absolute Gasteiger partial charge is 0.223 e. The minimum atomic E-state index is -0.217. The summed E-state index contributed by atoms with van der Waals surface area (Å²) in [5.74, 6) is 0.636. The van der Waals surface area contributed by atoms with Crippen molar-refractivity contribution in [2.75, 3.05) is 0 Å². The van der Waals surface area contributed by atoms with E-state index in [1.807, 2.05) is 18.2 Å². The molecule has 120 valence electrons. The van der Waals surface area contributed by atoms with E-state index in [4.69, 9.17) is 0 Å². The molecular formula is C18H26N2O2. The molecule has 0 unspecified atom stereocenters. The van der Waals surface area contributed by atoms with Gasteiger partial charge in [0, 0.05) is 12.1 Å². The van der Waals surface area contributed by atoms with Crippen LogP contribution in [-0.2, 0) is 4.79 Å². The molecule has 1 heterocycles. The van der Waals surface area contributed by atoms with Crippen LogP contribution in [0.3, 0.4) is 0 Å². The number of amides is 1. The van der Waals surface area contributed by atoms with Crippen LogP contribution in [0.4, 0.5) is 0 Å². The summed E-state index contributed by atoms with van der Waals surface area (Å²) in [4.78, 5) is 17.1. The quantitative estimate of drug-likeness (QED) is 0.841. The Kier molecular flexibility index (Phi) is 5.08. The third-order valence-electron chi connectivity index (χ3n) is 5.15. The fourth-order valence-corrected chi connectivity index (χ4v) is 3.71. The molecule has 1 atom stereocenters. The van der Waals surface area contributed by atoms with Crippen molar-refractivity contribution < 1.29 is 9.90 Å². The Balaban J connectivity index is 1.68. The number of aromatic nitrogens is 1. The standard InChI is InChI=1S/C18H26N2O2/c21-15-11-14(12-15)17(16-9-5-6-10-19-16)20-18(22)13-7-3-1-2-4-8-13/h5-6,9-10,13-15,17,21H,1-4,7-8,11-12H2,(H,20,22)/t14?,15?,17-/m0/s1. The highest BCUT2D eigenvalue weighted by molar-refractivity contribution is 5.79. The maximum atomic E-state index is 12.7. The van der Waals surface area contributed by atoms with Crippen molar-refractivity contribution in [2.45, 2.75) is 63.5 Å². The van der Waals surface area contributed by atoms with E-state index in [0.29, 0.717) is 5.92 Å². The van der Waals surface area contributed by atoms with Crippen LogP contribution in [0.15, 0.2) is 24.4 Å². The minimum Gasteiger partial charge on any atom is -0.393 e. The molecule has 1 aromatic heterocycles. The number of rotatable bonds is 4. The number of pyridine rings is 1. The molecule has 0 bridgehead atoms. The Bertz CT molecular complexity index is 477. The van der Waals surface area contributed by atoms with Crippen molar-refractivity contribution in [3.05, 3.63) is 30.1 Å². The zero-order valence-electron chi connectivity index (χ0n) is 13.1. The van der Waals surface area contributed by atoms with Gasteiger partial charge in [-0.05, 0) is 43.7 Å². The molecule has 0 spiro atoms. The molecule has 1 aromatic rings. The van der Waals surface area contributed by atoms with Gasteiger partial charge in [-0.15, -0.1) is 0 Å². The molecule has 0 saturated heterocycles. The zero-order chi connectivity index (χ0) is 15.4. The van der Waals surface area contributed by atoms with Gasteiger partial charge in [0.05, 0.1) is 17.8 Å². The van der Waals surface area contributed by atoms with E-state index in [-0.39, 0.29) is 24.0 Å². The topological polar surface area (TPSA) is 62.2 Å². The van der Waals surface area contributed by atoms with Crippen LogP contribution in [0, 0.1) is 11.8 Å². The number of hydrogen-bond donors (Lipinski definition) is 2. The van der Waals surface area contributed by atoms with Crippen LogP contribution in [0.25, 0.3) is 0 Å². The summed E-state index contributed by atoms with van der Waals surface area (Å²) in [5.41, 5.74) is 0.918. The lowest BCUT2D eigenvalue weighted by atomic mass is 9.76. The molecule has 2 aliphatic carbocycles. The Morgan fingerprint density at radius 2 is 1.91 bits per heavy atom. The zero-order valence-corrected chi connectivity index (χ0v) is 13.1. The van der Waals surface area contributed by atoms with Gasteiger partial charge in [0.2, 0.25) is 5.91 Å². The third kappa shape index (κ3) is 3.67. The summed E-state index contributed by atoms with van der Waals surface area (Å²) in [6, 6.07) is 5.77. The highest BCUT2D eigenvalue weighted by Crippen LogP contribution is 2.38. The highest BCUT2D eigenvalue weighted by atomic mass is 16.3. The van der Waals surface area contributed by atoms with Crippen LogP contribution < -0.4 is 5.32 Å². The van der Waals surface area contributed by atoms with E-state index in [0.717, 1.165) is 44.2 Å². The van der Waals surface area contributed by atoms with Crippen LogP contribution >= 0.6 is 0 Å². The van der Waals surface area contributed by atoms with Crippen molar-refractivity contribution in [3.63, 3.8) is 0 Å². The number of nitrogens with one attached hydrogen (secondary N) is 1. The summed E-state index contributed by atoms with van der Waals surface area (Å²) in [7, 11) is 0. The molecule has 3 rings (SSSR count). The van der Waals surface area contributed by atoms with Crippen molar-refractivity contribution >= 4 is 5.91 Å². The van der Waals surface area contributed by atoms with Gasteiger partial charge in [0.15, 0.2) is 0 Å². The summed E-state index contributed by atoms with van der Waals surface area (Å²) >= 11 is 0. The molecule has 2 N–H and O–H groups in total. The summed E-state index contributed by atoms with van der Waals surface area (Å²) < 4.78 is 0. The molecule has 2 fully saturated rings. The molecule has 0 aromatic carbocycles. The van der Waals surface area contributed by atoms with E-state index in [2.05, 4.69) is 10.3 Å². The maximum absolute atomic E-state index is 12.7. The Labute approximate surface area is 132 Å². The monoisotopic (exact) mass is 302 g/mol. The van der Waals surface area contributed by atoms with Crippen molar-refractivity contribution in [1.82, 2.24) is 10.3 Å². The first-order valence-corrected chi connectivity index (χ1v) is 8.63. The van der Waals surface area contributed by atoms with Gasteiger partial charge in [-0.3, -0.25) is 9.78 Å². The Morgan fingerprint density at radius 1 is 1.18 bits per heavy atom. The predicted octanol–water partition coefficient (Wildman–Crippen LogP) is 2.98. The van der Waals surface area contributed by atoms with Crippen LogP contribution in [0.1, 0.15) is 63.1 Å². The lowest BCUT2D eigenvalue weighted by Gasteiger charge is -2.38. The van der Waals surface area contributed by atoms with Crippen molar-refractivity contribution in [2.24, 2.45) is 11.8 Å². The van der Waals surface area contributed by atoms with Gasteiger partial charge >= 0.3 is 0 Å². The Morgan fingerprint density at radius 3 is 2.50 bits per heavy atom. The molecule has 2 aliphatic rings. The SMILES string of the molecule is O=C(N[C@H](c1ccccn1)C1CC(O)C1)C1CCCCCC1. The number of hydrogen-bond acceptors (Lipinski definition) is 3. The molecule has 2 saturated carbocycles. The van der Waals surface area contributed by atoms with E-state index >= 15 is 0 Å². The number of aliphatic hydroxyl groups excluding tert-OH is 1. The second-order valence-electron chi connectivity index (χ2n) is 6.81. The van der Waals surface area contributed by atoms with Crippen LogP contribution in [0.5, 0.6) is 0 Å². The first kappa shape index (κ1) is 15.5. The largest absolute Gasteiger partial charge is 0.393 e. The summed E-state index contributed by atoms with van der Waals surface area (Å²) in [6.45, 7) is 0. The Hall–Kier alpha value is -1.42. The lowest BCUT2D eigenvalue weighted by Crippen LogP contribution is -2.43. The fourth-order valence-electron chi connectivity index (χ4n) is 3.71. The van der Waals surface area contributed by atoms with Crippen LogP contribution in [0.2, 0.25) is 0 Å². The molecule has 0 aliphatic heterocycles. The molecule has 4 nitrogen and oxygen atoms in total. The number of carbonyl (C=O) groups excluding carboxylic acids is 1. The number of aliphatic hydroxyl groups is 1. The molecule has 22 heavy (non-hydrogen) atoms. The van der Waals surface area contributed by atoms with E-state index in [1.165, 1.54) is 12.8 Å². The molecular weight excluding hydrogens is 276 g/mol. The lowest BCUT2D eigenvalue weighted by molar-refractivity contribution is -0.127. The van der Waals surface area contributed by atoms with E-state index in [1.54, 1.807) is 6.20 Å².